The number of urea groups is 1. The number of nitrogens with zero attached hydrogens (tertiary/aromatic N) is 2. The molecule has 0 unspecified atom stereocenters. The number of nitrogens with one attached hydrogen (secondary N) is 2. The van der Waals surface area contributed by atoms with Crippen LogP contribution in [0, 0.1) is 12.8 Å². The van der Waals surface area contributed by atoms with Crippen molar-refractivity contribution in [2.75, 3.05) is 13.2 Å². The van der Waals surface area contributed by atoms with Gasteiger partial charge in [-0.05, 0) is 19.1 Å². The monoisotopic (exact) mass is 328 g/mol. The molecule has 0 fully saturated rings. The first-order valence-electron chi connectivity index (χ1n) is 7.83. The van der Waals surface area contributed by atoms with Crippen molar-refractivity contribution >= 4 is 6.03 Å². The highest BCUT2D eigenvalue weighted by atomic mass is 16.5. The van der Waals surface area contributed by atoms with Crippen molar-refractivity contribution in [3.63, 3.8) is 0 Å². The lowest BCUT2D eigenvalue weighted by Gasteiger charge is -2.33. The Hall–Kier alpha value is -2.67. The molecule has 0 aliphatic carbocycles. The van der Waals surface area contributed by atoms with Gasteiger partial charge in [0, 0.05) is 17.7 Å². The van der Waals surface area contributed by atoms with Gasteiger partial charge in [0.2, 0.25) is 0 Å². The van der Waals surface area contributed by atoms with Crippen LogP contribution < -0.4 is 15.4 Å². The van der Waals surface area contributed by atoms with Crippen LogP contribution in [0.1, 0.15) is 23.1 Å². The number of aromatic nitrogens is 2. The maximum atomic E-state index is 12.3. The van der Waals surface area contributed by atoms with Crippen molar-refractivity contribution in [3.05, 3.63) is 53.6 Å². The minimum atomic E-state index is -0.314. The lowest BCUT2D eigenvalue weighted by Crippen LogP contribution is -2.44. The van der Waals surface area contributed by atoms with E-state index in [2.05, 4.69) is 20.6 Å². The first kappa shape index (κ1) is 16.2. The predicted octanol–water partition coefficient (Wildman–Crippen LogP) is 1.33. The third-order valence-electron chi connectivity index (χ3n) is 3.96. The van der Waals surface area contributed by atoms with Gasteiger partial charge in [-0.3, -0.25) is 0 Å². The van der Waals surface area contributed by atoms with Crippen molar-refractivity contribution in [3.8, 4) is 5.75 Å². The Morgan fingerprint density at radius 2 is 2.21 bits per heavy atom. The minimum absolute atomic E-state index is 0.0651. The number of carbonyl (C=O) groups excluding carboxylic acids is 1. The molecule has 1 aliphatic rings. The smallest absolute Gasteiger partial charge is 0.315 e. The topological polar surface area (TPSA) is 96.4 Å². The molecule has 0 bridgehead atoms. The summed E-state index contributed by atoms with van der Waals surface area (Å²) in [5.41, 5.74) is 1.61. The van der Waals surface area contributed by atoms with Crippen LogP contribution in [0.2, 0.25) is 0 Å². The van der Waals surface area contributed by atoms with Crippen LogP contribution >= 0.6 is 0 Å². The van der Waals surface area contributed by atoms with E-state index in [1.807, 2.05) is 24.3 Å². The number of ether oxygens (including phenoxy) is 1. The Bertz CT molecular complexity index is 722. The second-order valence-corrected chi connectivity index (χ2v) is 5.69. The van der Waals surface area contributed by atoms with E-state index in [1.54, 1.807) is 19.2 Å². The quantitative estimate of drug-likeness (QED) is 0.787. The first-order chi connectivity index (χ1) is 11.7. The van der Waals surface area contributed by atoms with Gasteiger partial charge in [-0.1, -0.05) is 18.2 Å². The Morgan fingerprint density at radius 1 is 1.38 bits per heavy atom. The molecule has 1 aromatic carbocycles. The van der Waals surface area contributed by atoms with E-state index in [0.717, 1.165) is 17.0 Å². The van der Waals surface area contributed by atoms with E-state index in [4.69, 9.17) is 4.74 Å². The predicted molar refractivity (Wildman–Crippen MR) is 87.4 cm³/mol. The third-order valence-corrected chi connectivity index (χ3v) is 3.96. The molecular weight excluding hydrogens is 308 g/mol. The molecule has 7 nitrogen and oxygen atoms in total. The molecule has 0 radical (unpaired) electrons. The highest BCUT2D eigenvalue weighted by Gasteiger charge is 2.31. The molecule has 3 rings (SSSR count). The van der Waals surface area contributed by atoms with E-state index in [9.17, 15) is 9.90 Å². The highest BCUT2D eigenvalue weighted by Crippen LogP contribution is 2.34. The molecule has 3 N–H and O–H groups in total. The van der Waals surface area contributed by atoms with E-state index in [0.29, 0.717) is 19.0 Å². The molecule has 0 saturated heterocycles. The molecule has 2 amide bonds. The molecule has 24 heavy (non-hydrogen) atoms. The summed E-state index contributed by atoms with van der Waals surface area (Å²) < 4.78 is 5.63. The zero-order valence-corrected chi connectivity index (χ0v) is 13.4. The Balaban J connectivity index is 1.66. The lowest BCUT2D eigenvalue weighted by atomic mass is 9.91. The maximum Gasteiger partial charge on any atom is 0.315 e. The average molecular weight is 328 g/mol. The molecule has 7 heteroatoms. The summed E-state index contributed by atoms with van der Waals surface area (Å²) in [5.74, 6) is 1.21. The molecule has 1 aliphatic heterocycles. The fraction of sp³-hybridized carbons (Fsp3) is 0.353. The number of fused-ring (bicyclic) bond motifs is 1. The van der Waals surface area contributed by atoms with Crippen LogP contribution in [0.5, 0.6) is 5.75 Å². The third kappa shape index (κ3) is 3.62. The van der Waals surface area contributed by atoms with Gasteiger partial charge < -0.3 is 20.5 Å². The molecule has 0 spiro atoms. The van der Waals surface area contributed by atoms with Gasteiger partial charge in [-0.15, -0.1) is 0 Å². The fourth-order valence-corrected chi connectivity index (χ4v) is 2.74. The summed E-state index contributed by atoms with van der Waals surface area (Å²) in [6.45, 7) is 2.41. The SMILES string of the molecule is Cc1nccc(CNC(=O)N[C@H]2c3ccccc3OC[C@H]2CO)n1. The minimum Gasteiger partial charge on any atom is -0.493 e. The summed E-state index contributed by atoms with van der Waals surface area (Å²) in [6.07, 6.45) is 1.66. The van der Waals surface area contributed by atoms with Gasteiger partial charge in [-0.25, -0.2) is 14.8 Å². The van der Waals surface area contributed by atoms with Crippen molar-refractivity contribution in [2.24, 2.45) is 5.92 Å². The molecule has 2 heterocycles. The van der Waals surface area contributed by atoms with Gasteiger partial charge in [-0.2, -0.15) is 0 Å². The highest BCUT2D eigenvalue weighted by molar-refractivity contribution is 5.74. The zero-order valence-electron chi connectivity index (χ0n) is 13.4. The second kappa shape index (κ2) is 7.27. The number of hydrogen-bond donors (Lipinski definition) is 3. The van der Waals surface area contributed by atoms with Crippen molar-refractivity contribution in [2.45, 2.75) is 19.5 Å². The number of carbonyl (C=O) groups is 1. The molecule has 2 atom stereocenters. The van der Waals surface area contributed by atoms with E-state index in [-0.39, 0.29) is 24.6 Å². The van der Waals surface area contributed by atoms with E-state index < -0.39 is 0 Å². The number of aliphatic hydroxyl groups is 1. The Kier molecular flexibility index (Phi) is 4.90. The van der Waals surface area contributed by atoms with E-state index >= 15 is 0 Å². The van der Waals surface area contributed by atoms with Crippen molar-refractivity contribution in [1.82, 2.24) is 20.6 Å². The largest absolute Gasteiger partial charge is 0.493 e. The molecule has 126 valence electrons. The number of aliphatic hydroxyl groups excluding tert-OH is 1. The molecule has 2 aromatic rings. The normalized spacial score (nSPS) is 19.1. The summed E-state index contributed by atoms with van der Waals surface area (Å²) in [6, 6.07) is 8.67. The van der Waals surface area contributed by atoms with Gasteiger partial charge in [0.25, 0.3) is 0 Å². The summed E-state index contributed by atoms with van der Waals surface area (Å²) in [7, 11) is 0. The Morgan fingerprint density at radius 3 is 3.00 bits per heavy atom. The van der Waals surface area contributed by atoms with Gasteiger partial charge >= 0.3 is 6.03 Å². The second-order valence-electron chi connectivity index (χ2n) is 5.69. The van der Waals surface area contributed by atoms with E-state index in [1.165, 1.54) is 0 Å². The fourth-order valence-electron chi connectivity index (χ4n) is 2.74. The number of para-hydroxylation sites is 1. The summed E-state index contributed by atoms with van der Waals surface area (Å²) in [5, 5.41) is 15.3. The van der Waals surface area contributed by atoms with Gasteiger partial charge in [0.15, 0.2) is 0 Å². The van der Waals surface area contributed by atoms with Gasteiger partial charge in [0.1, 0.15) is 11.6 Å². The van der Waals surface area contributed by atoms with Crippen LogP contribution in [-0.4, -0.2) is 34.3 Å². The van der Waals surface area contributed by atoms with Crippen LogP contribution in [0.4, 0.5) is 4.79 Å². The molecule has 0 saturated carbocycles. The number of rotatable bonds is 4. The summed E-state index contributed by atoms with van der Waals surface area (Å²) in [4.78, 5) is 20.5. The number of amides is 2. The Labute approximate surface area is 140 Å². The number of hydrogen-bond acceptors (Lipinski definition) is 5. The average Bonchev–Trinajstić information content (AvgIpc) is 2.60. The number of aryl methyl sites for hydroxylation is 1. The first-order valence-corrected chi connectivity index (χ1v) is 7.83. The number of benzene rings is 1. The standard InChI is InChI=1S/C17H20N4O3/c1-11-18-7-6-13(20-11)8-19-17(23)21-16-12(9-22)10-24-15-5-3-2-4-14(15)16/h2-7,12,16,22H,8-10H2,1H3,(H2,19,21,23)/t12-,16-/m1/s1. The van der Waals surface area contributed by atoms with Crippen LogP contribution in [0.3, 0.4) is 0 Å². The maximum absolute atomic E-state index is 12.3. The zero-order chi connectivity index (χ0) is 16.9. The van der Waals surface area contributed by atoms with Crippen molar-refractivity contribution < 1.29 is 14.6 Å². The van der Waals surface area contributed by atoms with Crippen molar-refractivity contribution in [1.29, 1.82) is 0 Å². The summed E-state index contributed by atoms with van der Waals surface area (Å²) >= 11 is 0. The molecular formula is C17H20N4O3. The molecule has 1 aromatic heterocycles. The van der Waals surface area contributed by atoms with Gasteiger partial charge in [0.05, 0.1) is 31.5 Å². The van der Waals surface area contributed by atoms with Crippen LogP contribution in [0.25, 0.3) is 0 Å². The van der Waals surface area contributed by atoms with Crippen LogP contribution in [-0.2, 0) is 6.54 Å². The van der Waals surface area contributed by atoms with Crippen LogP contribution in [0.15, 0.2) is 36.5 Å². The lowest BCUT2D eigenvalue weighted by molar-refractivity contribution is 0.113.